The Morgan fingerprint density at radius 3 is 2.38 bits per heavy atom. The Morgan fingerprint density at radius 2 is 1.81 bits per heavy atom. The molecule has 2 aromatic carbocycles. The van der Waals surface area contributed by atoms with Crippen LogP contribution >= 0.6 is 11.6 Å². The number of sulfone groups is 1. The third kappa shape index (κ3) is 5.35. The number of aliphatic hydroxyl groups is 1. The van der Waals surface area contributed by atoms with Crippen molar-refractivity contribution in [3.8, 4) is 0 Å². The molecule has 0 amide bonds. The number of benzene rings is 2. The summed E-state index contributed by atoms with van der Waals surface area (Å²) in [6.07, 6.45) is 1.13. The van der Waals surface area contributed by atoms with Crippen molar-refractivity contribution in [3.05, 3.63) is 52.5 Å². The standard InChI is InChI=1S/C18H22ClN3O3S/c1-12-10-14(13(2)20-8-9-23)4-6-17(12)21-22-18-7-5-15(11-16(18)19)26(3,24)25/h4-7,10-11,13,20,23H,8-9H2,1-3H3. The second kappa shape index (κ2) is 8.73. The summed E-state index contributed by atoms with van der Waals surface area (Å²) in [4.78, 5) is 0.145. The lowest BCUT2D eigenvalue weighted by Crippen LogP contribution is -2.22. The molecule has 6 nitrogen and oxygen atoms in total. The number of nitrogens with one attached hydrogen (secondary N) is 1. The largest absolute Gasteiger partial charge is 0.395 e. The van der Waals surface area contributed by atoms with Gasteiger partial charge >= 0.3 is 0 Å². The maximum Gasteiger partial charge on any atom is 0.175 e. The van der Waals surface area contributed by atoms with E-state index in [1.165, 1.54) is 18.2 Å². The van der Waals surface area contributed by atoms with E-state index >= 15 is 0 Å². The fourth-order valence-corrected chi connectivity index (χ4v) is 3.30. The Labute approximate surface area is 158 Å². The van der Waals surface area contributed by atoms with Crippen molar-refractivity contribution < 1.29 is 13.5 Å². The van der Waals surface area contributed by atoms with E-state index < -0.39 is 9.84 Å². The Morgan fingerprint density at radius 1 is 1.15 bits per heavy atom. The smallest absolute Gasteiger partial charge is 0.175 e. The van der Waals surface area contributed by atoms with E-state index in [9.17, 15) is 8.42 Å². The summed E-state index contributed by atoms with van der Waals surface area (Å²) in [5.41, 5.74) is 3.14. The van der Waals surface area contributed by atoms with Crippen LogP contribution in [0.3, 0.4) is 0 Å². The molecule has 2 rings (SSSR count). The minimum atomic E-state index is -3.31. The van der Waals surface area contributed by atoms with Crippen molar-refractivity contribution in [1.29, 1.82) is 0 Å². The SMILES string of the molecule is Cc1cc(C(C)NCCO)ccc1N=Nc1ccc(S(C)(=O)=O)cc1Cl. The highest BCUT2D eigenvalue weighted by molar-refractivity contribution is 7.90. The molecule has 26 heavy (non-hydrogen) atoms. The van der Waals surface area contributed by atoms with Crippen LogP contribution in [-0.2, 0) is 9.84 Å². The first-order valence-corrected chi connectivity index (χ1v) is 10.4. The van der Waals surface area contributed by atoms with E-state index in [1.807, 2.05) is 32.0 Å². The van der Waals surface area contributed by atoms with Crippen molar-refractivity contribution >= 4 is 32.8 Å². The Hall–Kier alpha value is -1.80. The molecule has 1 atom stereocenters. The molecule has 0 aliphatic carbocycles. The highest BCUT2D eigenvalue weighted by Crippen LogP contribution is 2.30. The average molecular weight is 396 g/mol. The van der Waals surface area contributed by atoms with Crippen LogP contribution in [0.2, 0.25) is 5.02 Å². The summed E-state index contributed by atoms with van der Waals surface area (Å²) < 4.78 is 23.1. The minimum Gasteiger partial charge on any atom is -0.395 e. The number of azo groups is 1. The zero-order valence-corrected chi connectivity index (χ0v) is 16.5. The molecule has 8 heteroatoms. The maximum absolute atomic E-state index is 11.5. The molecule has 0 aliphatic heterocycles. The molecule has 0 aromatic heterocycles. The van der Waals surface area contributed by atoms with Gasteiger partial charge in [-0.2, -0.15) is 5.11 Å². The zero-order chi connectivity index (χ0) is 19.3. The van der Waals surface area contributed by atoms with Gasteiger partial charge in [0.2, 0.25) is 0 Å². The topological polar surface area (TPSA) is 91.1 Å². The third-order valence-electron chi connectivity index (χ3n) is 3.90. The summed E-state index contributed by atoms with van der Waals surface area (Å²) in [5.74, 6) is 0. The van der Waals surface area contributed by atoms with Gasteiger partial charge in [-0.05, 0) is 49.2 Å². The number of nitrogens with zero attached hydrogens (tertiary/aromatic N) is 2. The first-order valence-electron chi connectivity index (χ1n) is 8.08. The average Bonchev–Trinajstić information content (AvgIpc) is 2.58. The van der Waals surface area contributed by atoms with Crippen molar-refractivity contribution in [2.45, 2.75) is 24.8 Å². The Kier molecular flexibility index (Phi) is 6.88. The van der Waals surface area contributed by atoms with Gasteiger partial charge in [-0.3, -0.25) is 0 Å². The molecular formula is C18H22ClN3O3S. The Balaban J connectivity index is 2.20. The van der Waals surface area contributed by atoms with Gasteiger partial charge in [0.05, 0.1) is 22.2 Å². The summed E-state index contributed by atoms with van der Waals surface area (Å²) >= 11 is 6.11. The normalized spacial score (nSPS) is 13.3. The van der Waals surface area contributed by atoms with E-state index in [4.69, 9.17) is 16.7 Å². The maximum atomic E-state index is 11.5. The lowest BCUT2D eigenvalue weighted by molar-refractivity contribution is 0.286. The molecule has 0 bridgehead atoms. The predicted octanol–water partition coefficient (Wildman–Crippen LogP) is 4.11. The molecule has 2 N–H and O–H groups in total. The van der Waals surface area contributed by atoms with Crippen molar-refractivity contribution in [3.63, 3.8) is 0 Å². The molecule has 0 radical (unpaired) electrons. The quantitative estimate of drug-likeness (QED) is 0.690. The van der Waals surface area contributed by atoms with Gasteiger partial charge in [-0.1, -0.05) is 23.7 Å². The molecule has 0 fully saturated rings. The molecule has 140 valence electrons. The predicted molar refractivity (Wildman–Crippen MR) is 103 cm³/mol. The lowest BCUT2D eigenvalue weighted by atomic mass is 10.0. The van der Waals surface area contributed by atoms with Crippen molar-refractivity contribution in [2.24, 2.45) is 10.2 Å². The summed E-state index contributed by atoms with van der Waals surface area (Å²) in [5, 5.41) is 20.7. The molecule has 0 saturated carbocycles. The van der Waals surface area contributed by atoms with Crippen LogP contribution in [0.15, 0.2) is 51.5 Å². The number of aliphatic hydroxyl groups excluding tert-OH is 1. The molecule has 2 aromatic rings. The van der Waals surface area contributed by atoms with E-state index in [2.05, 4.69) is 15.5 Å². The molecule has 0 spiro atoms. The lowest BCUT2D eigenvalue weighted by Gasteiger charge is -2.14. The van der Waals surface area contributed by atoms with Crippen LogP contribution in [0.5, 0.6) is 0 Å². The van der Waals surface area contributed by atoms with E-state index in [1.54, 1.807) is 0 Å². The Bertz CT molecular complexity index is 914. The first kappa shape index (κ1) is 20.5. The highest BCUT2D eigenvalue weighted by Gasteiger charge is 2.10. The number of rotatable bonds is 7. The second-order valence-electron chi connectivity index (χ2n) is 6.03. The minimum absolute atomic E-state index is 0.0918. The number of halogens is 1. The first-order chi connectivity index (χ1) is 12.2. The van der Waals surface area contributed by atoms with Crippen LogP contribution in [-0.4, -0.2) is 32.9 Å². The van der Waals surface area contributed by atoms with Gasteiger partial charge in [0, 0.05) is 18.8 Å². The molecular weight excluding hydrogens is 374 g/mol. The van der Waals surface area contributed by atoms with Crippen LogP contribution in [0.25, 0.3) is 0 Å². The van der Waals surface area contributed by atoms with Gasteiger partial charge in [0.1, 0.15) is 5.69 Å². The number of hydrogen-bond donors (Lipinski definition) is 2. The van der Waals surface area contributed by atoms with E-state index in [0.717, 1.165) is 17.4 Å². The fraction of sp³-hybridized carbons (Fsp3) is 0.333. The van der Waals surface area contributed by atoms with E-state index in [0.29, 0.717) is 17.9 Å². The van der Waals surface area contributed by atoms with Gasteiger partial charge < -0.3 is 10.4 Å². The van der Waals surface area contributed by atoms with Gasteiger partial charge in [-0.25, -0.2) is 8.42 Å². The third-order valence-corrected chi connectivity index (χ3v) is 5.31. The summed E-state index contributed by atoms with van der Waals surface area (Å²) in [7, 11) is -3.31. The number of aryl methyl sites for hydroxylation is 1. The highest BCUT2D eigenvalue weighted by atomic mass is 35.5. The monoisotopic (exact) mass is 395 g/mol. The van der Waals surface area contributed by atoms with Crippen LogP contribution in [0.1, 0.15) is 24.1 Å². The number of hydrogen-bond acceptors (Lipinski definition) is 6. The molecule has 1 unspecified atom stereocenters. The fourth-order valence-electron chi connectivity index (χ4n) is 2.37. The van der Waals surface area contributed by atoms with Gasteiger partial charge in [0.25, 0.3) is 0 Å². The van der Waals surface area contributed by atoms with Crippen molar-refractivity contribution in [1.82, 2.24) is 5.32 Å². The van der Waals surface area contributed by atoms with E-state index in [-0.39, 0.29) is 22.6 Å². The van der Waals surface area contributed by atoms with Crippen LogP contribution < -0.4 is 5.32 Å². The van der Waals surface area contributed by atoms with Crippen molar-refractivity contribution in [2.75, 3.05) is 19.4 Å². The molecule has 0 heterocycles. The summed E-state index contributed by atoms with van der Waals surface area (Å²) in [6, 6.07) is 10.3. The second-order valence-corrected chi connectivity index (χ2v) is 8.45. The summed E-state index contributed by atoms with van der Waals surface area (Å²) in [6.45, 7) is 4.58. The van der Waals surface area contributed by atoms with Crippen LogP contribution in [0.4, 0.5) is 11.4 Å². The zero-order valence-electron chi connectivity index (χ0n) is 14.9. The molecule has 0 aliphatic rings. The van der Waals surface area contributed by atoms with Gasteiger partial charge in [-0.15, -0.1) is 5.11 Å². The molecule has 0 saturated heterocycles. The van der Waals surface area contributed by atoms with Crippen LogP contribution in [0, 0.1) is 6.92 Å². The van der Waals surface area contributed by atoms with Gasteiger partial charge in [0.15, 0.2) is 9.84 Å².